The Bertz CT molecular complexity index is 260. The van der Waals surface area contributed by atoms with Crippen molar-refractivity contribution in [1.82, 2.24) is 0 Å². The molecule has 1 unspecified atom stereocenters. The van der Waals surface area contributed by atoms with Crippen LogP contribution in [0.4, 0.5) is 0 Å². The molecule has 0 aliphatic carbocycles. The molecule has 0 fully saturated rings. The highest BCUT2D eigenvalue weighted by molar-refractivity contribution is 5.69. The van der Waals surface area contributed by atoms with Crippen molar-refractivity contribution in [2.75, 3.05) is 0 Å². The highest BCUT2D eigenvalue weighted by Crippen LogP contribution is 2.14. The highest BCUT2D eigenvalue weighted by Gasteiger charge is 2.33. The van der Waals surface area contributed by atoms with Gasteiger partial charge in [-0.2, -0.15) is 0 Å². The molecule has 0 rings (SSSR count). The van der Waals surface area contributed by atoms with Gasteiger partial charge in [0, 0.05) is 6.42 Å². The van der Waals surface area contributed by atoms with Gasteiger partial charge in [-0.15, -0.1) is 0 Å². The van der Waals surface area contributed by atoms with Crippen LogP contribution in [0.25, 0.3) is 0 Å². The van der Waals surface area contributed by atoms with Gasteiger partial charge in [-0.1, -0.05) is 65.2 Å². The lowest BCUT2D eigenvalue weighted by Gasteiger charge is -2.24. The molecule has 3 N–H and O–H groups in total. The van der Waals surface area contributed by atoms with Gasteiger partial charge in [0.15, 0.2) is 6.10 Å². The van der Waals surface area contributed by atoms with Crippen molar-refractivity contribution in [3.63, 3.8) is 0 Å². The van der Waals surface area contributed by atoms with Gasteiger partial charge in [0.05, 0.1) is 0 Å². The van der Waals surface area contributed by atoms with Crippen molar-refractivity contribution in [3.05, 3.63) is 0 Å². The van der Waals surface area contributed by atoms with E-state index in [0.717, 1.165) is 19.3 Å². The van der Waals surface area contributed by atoms with Crippen molar-refractivity contribution < 1.29 is 24.9 Å². The summed E-state index contributed by atoms with van der Waals surface area (Å²) in [6, 6.07) is 0. The minimum Gasteiger partial charge on any atom is -0.454 e. The van der Waals surface area contributed by atoms with Crippen LogP contribution in [0.2, 0.25) is 0 Å². The van der Waals surface area contributed by atoms with Crippen LogP contribution in [-0.2, 0) is 9.53 Å². The van der Waals surface area contributed by atoms with Crippen molar-refractivity contribution in [3.8, 4) is 0 Å². The second-order valence-electron chi connectivity index (χ2n) is 5.65. The largest absolute Gasteiger partial charge is 0.454 e. The molecule has 0 aliphatic rings. The van der Waals surface area contributed by atoms with Crippen LogP contribution in [-0.4, -0.2) is 33.4 Å². The Kier molecular flexibility index (Phi) is 11.6. The van der Waals surface area contributed by atoms with Crippen molar-refractivity contribution in [2.24, 2.45) is 0 Å². The van der Waals surface area contributed by atoms with Crippen molar-refractivity contribution >= 4 is 5.97 Å². The summed E-state index contributed by atoms with van der Waals surface area (Å²) in [6.07, 6.45) is 9.56. The molecular weight excluding hydrogens is 272 g/mol. The summed E-state index contributed by atoms with van der Waals surface area (Å²) in [6.45, 7) is 3.81. The quantitative estimate of drug-likeness (QED) is 0.277. The first-order valence-electron chi connectivity index (χ1n) is 8.28. The van der Waals surface area contributed by atoms with E-state index in [1.54, 1.807) is 6.92 Å². The molecule has 0 aromatic carbocycles. The second-order valence-corrected chi connectivity index (χ2v) is 5.65. The number of rotatable bonds is 13. The van der Waals surface area contributed by atoms with Crippen LogP contribution in [0.3, 0.4) is 0 Å². The van der Waals surface area contributed by atoms with E-state index in [-0.39, 0.29) is 12.8 Å². The lowest BCUT2D eigenvalue weighted by atomic mass is 10.1. The van der Waals surface area contributed by atoms with E-state index in [9.17, 15) is 4.79 Å². The SMILES string of the molecule is CCCCCCCCCCCC(=O)OC(CC)C(O)(O)O. The smallest absolute Gasteiger partial charge is 0.314 e. The van der Waals surface area contributed by atoms with E-state index in [1.165, 1.54) is 38.5 Å². The van der Waals surface area contributed by atoms with Gasteiger partial charge in [-0.05, 0) is 12.8 Å². The van der Waals surface area contributed by atoms with Gasteiger partial charge < -0.3 is 20.1 Å². The molecule has 126 valence electrons. The number of esters is 1. The van der Waals surface area contributed by atoms with Gasteiger partial charge >= 0.3 is 11.9 Å². The summed E-state index contributed by atoms with van der Waals surface area (Å²) in [5, 5.41) is 27.0. The van der Waals surface area contributed by atoms with Crippen LogP contribution in [0.15, 0.2) is 0 Å². The molecular formula is C16H32O5. The maximum absolute atomic E-state index is 11.5. The van der Waals surface area contributed by atoms with Crippen LogP contribution < -0.4 is 0 Å². The topological polar surface area (TPSA) is 87.0 Å². The van der Waals surface area contributed by atoms with Gasteiger partial charge in [0.1, 0.15) is 0 Å². The number of aliphatic hydroxyl groups is 3. The molecule has 0 aromatic heterocycles. The van der Waals surface area contributed by atoms with E-state index in [2.05, 4.69) is 6.92 Å². The Morgan fingerprint density at radius 3 is 1.81 bits per heavy atom. The van der Waals surface area contributed by atoms with Crippen LogP contribution in [0.5, 0.6) is 0 Å². The second kappa shape index (κ2) is 12.0. The fourth-order valence-electron chi connectivity index (χ4n) is 2.23. The van der Waals surface area contributed by atoms with Gasteiger partial charge in [0.2, 0.25) is 0 Å². The van der Waals surface area contributed by atoms with Crippen LogP contribution in [0.1, 0.15) is 84.5 Å². The summed E-state index contributed by atoms with van der Waals surface area (Å²) in [4.78, 5) is 11.5. The molecule has 0 spiro atoms. The van der Waals surface area contributed by atoms with E-state index >= 15 is 0 Å². The lowest BCUT2D eigenvalue weighted by molar-refractivity contribution is -0.356. The molecule has 0 saturated heterocycles. The Hall–Kier alpha value is -0.650. The Morgan fingerprint density at radius 1 is 0.905 bits per heavy atom. The zero-order chi connectivity index (χ0) is 16.1. The third-order valence-electron chi connectivity index (χ3n) is 3.56. The molecule has 0 aliphatic heterocycles. The average molecular weight is 304 g/mol. The van der Waals surface area contributed by atoms with E-state index in [1.807, 2.05) is 0 Å². The van der Waals surface area contributed by atoms with Gasteiger partial charge in [0.25, 0.3) is 0 Å². The first kappa shape index (κ1) is 20.3. The minimum absolute atomic E-state index is 0.146. The van der Waals surface area contributed by atoms with Crippen molar-refractivity contribution in [2.45, 2.75) is 96.6 Å². The lowest BCUT2D eigenvalue weighted by Crippen LogP contribution is -2.44. The summed E-state index contributed by atoms with van der Waals surface area (Å²) >= 11 is 0. The highest BCUT2D eigenvalue weighted by atomic mass is 16.7. The first-order chi connectivity index (χ1) is 9.91. The molecule has 0 amide bonds. The van der Waals surface area contributed by atoms with E-state index < -0.39 is 18.0 Å². The maximum Gasteiger partial charge on any atom is 0.314 e. The predicted molar refractivity (Wildman–Crippen MR) is 81.4 cm³/mol. The number of ether oxygens (including phenoxy) is 1. The molecule has 5 nitrogen and oxygen atoms in total. The minimum atomic E-state index is -2.96. The molecule has 0 aromatic rings. The first-order valence-corrected chi connectivity index (χ1v) is 8.28. The predicted octanol–water partition coefficient (Wildman–Crippen LogP) is 2.86. The monoisotopic (exact) mass is 304 g/mol. The van der Waals surface area contributed by atoms with Crippen molar-refractivity contribution in [1.29, 1.82) is 0 Å². The average Bonchev–Trinajstić information content (AvgIpc) is 2.41. The fraction of sp³-hybridized carbons (Fsp3) is 0.938. The molecule has 0 bridgehead atoms. The molecule has 0 radical (unpaired) electrons. The summed E-state index contributed by atoms with van der Waals surface area (Å²) in [5.41, 5.74) is 0. The summed E-state index contributed by atoms with van der Waals surface area (Å²) in [5.74, 6) is -3.45. The van der Waals surface area contributed by atoms with Crippen LogP contribution >= 0.6 is 0 Å². The third kappa shape index (κ3) is 11.7. The van der Waals surface area contributed by atoms with Gasteiger partial charge in [-0.25, -0.2) is 0 Å². The number of carbonyl (C=O) groups excluding carboxylic acids is 1. The zero-order valence-electron chi connectivity index (χ0n) is 13.5. The fourth-order valence-corrected chi connectivity index (χ4v) is 2.23. The molecule has 0 saturated carbocycles. The summed E-state index contributed by atoms with van der Waals surface area (Å²) in [7, 11) is 0. The maximum atomic E-state index is 11.5. The zero-order valence-corrected chi connectivity index (χ0v) is 13.5. The number of hydrogen-bond donors (Lipinski definition) is 3. The number of unbranched alkanes of at least 4 members (excludes halogenated alkanes) is 8. The number of hydrogen-bond acceptors (Lipinski definition) is 5. The Balaban J connectivity index is 3.54. The standard InChI is InChI=1S/C16H32O5/c1-3-5-6-7-8-9-10-11-12-13-15(17)21-14(4-2)16(18,19)20/h14,18-20H,3-13H2,1-2H3. The Labute approximate surface area is 128 Å². The molecule has 0 heterocycles. The van der Waals surface area contributed by atoms with E-state index in [4.69, 9.17) is 20.1 Å². The number of carbonyl (C=O) groups is 1. The Morgan fingerprint density at radius 2 is 1.38 bits per heavy atom. The molecule has 1 atom stereocenters. The third-order valence-corrected chi connectivity index (χ3v) is 3.56. The van der Waals surface area contributed by atoms with E-state index in [0.29, 0.717) is 0 Å². The molecule has 21 heavy (non-hydrogen) atoms. The van der Waals surface area contributed by atoms with Gasteiger partial charge in [-0.3, -0.25) is 4.79 Å². The summed E-state index contributed by atoms with van der Waals surface area (Å²) < 4.78 is 4.85. The normalized spacial score (nSPS) is 13.2. The van der Waals surface area contributed by atoms with Crippen LogP contribution in [0, 0.1) is 0 Å². The molecule has 5 heteroatoms.